The van der Waals surface area contributed by atoms with E-state index in [1.54, 1.807) is 6.20 Å². The molecule has 0 amide bonds. The summed E-state index contributed by atoms with van der Waals surface area (Å²) < 4.78 is 0. The summed E-state index contributed by atoms with van der Waals surface area (Å²) in [6, 6.07) is 16.6. The van der Waals surface area contributed by atoms with Gasteiger partial charge in [0.25, 0.3) is 0 Å². The highest BCUT2D eigenvalue weighted by Crippen LogP contribution is 2.19. The van der Waals surface area contributed by atoms with Gasteiger partial charge in [-0.25, -0.2) is 4.98 Å². The topological polar surface area (TPSA) is 49.8 Å². The van der Waals surface area contributed by atoms with E-state index in [1.165, 1.54) is 16.3 Å². The summed E-state index contributed by atoms with van der Waals surface area (Å²) >= 11 is 0. The van der Waals surface area contributed by atoms with Crippen LogP contribution >= 0.6 is 0 Å². The number of benzene rings is 2. The predicted octanol–water partition coefficient (Wildman–Crippen LogP) is 3.28. The average Bonchev–Trinajstić information content (AvgIpc) is 2.53. The molecule has 3 aromatic rings. The van der Waals surface area contributed by atoms with Crippen molar-refractivity contribution in [1.82, 2.24) is 9.97 Å². The minimum atomic E-state index is 0.618. The highest BCUT2D eigenvalue weighted by molar-refractivity contribution is 5.85. The average molecular weight is 264 g/mol. The molecular formula is C16H16N4. The molecule has 100 valence electrons. The third-order valence-corrected chi connectivity index (χ3v) is 3.22. The Kier molecular flexibility index (Phi) is 3.46. The zero-order chi connectivity index (χ0) is 13.8. The van der Waals surface area contributed by atoms with Crippen LogP contribution in [0.3, 0.4) is 0 Å². The van der Waals surface area contributed by atoms with Gasteiger partial charge in [0.05, 0.1) is 0 Å². The summed E-state index contributed by atoms with van der Waals surface area (Å²) in [5, 5.41) is 8.79. The minimum absolute atomic E-state index is 0.618. The largest absolute Gasteiger partial charge is 0.366 e. The molecule has 4 nitrogen and oxygen atoms in total. The van der Waals surface area contributed by atoms with Crippen molar-refractivity contribution in [3.63, 3.8) is 0 Å². The van der Waals surface area contributed by atoms with Crippen LogP contribution in [0.15, 0.2) is 54.7 Å². The van der Waals surface area contributed by atoms with Gasteiger partial charge in [0.15, 0.2) is 0 Å². The number of nitrogens with one attached hydrogen (secondary N) is 2. The van der Waals surface area contributed by atoms with Crippen molar-refractivity contribution in [2.75, 3.05) is 17.7 Å². The van der Waals surface area contributed by atoms with Crippen LogP contribution in [0.2, 0.25) is 0 Å². The molecule has 0 atom stereocenters. The molecule has 0 saturated heterocycles. The number of nitrogens with zero attached hydrogens (tertiary/aromatic N) is 2. The third kappa shape index (κ3) is 2.54. The number of fused-ring (bicyclic) bond motifs is 1. The fraction of sp³-hybridized carbons (Fsp3) is 0.125. The Hall–Kier alpha value is -2.62. The number of rotatable bonds is 4. The van der Waals surface area contributed by atoms with E-state index in [-0.39, 0.29) is 0 Å². The molecule has 0 bridgehead atoms. The Morgan fingerprint density at radius 3 is 2.75 bits per heavy atom. The van der Waals surface area contributed by atoms with Crippen LogP contribution in [-0.2, 0) is 6.54 Å². The van der Waals surface area contributed by atoms with Gasteiger partial charge in [-0.1, -0.05) is 42.5 Å². The zero-order valence-corrected chi connectivity index (χ0v) is 11.3. The summed E-state index contributed by atoms with van der Waals surface area (Å²) in [5.74, 6) is 1.44. The number of anilines is 2. The van der Waals surface area contributed by atoms with E-state index in [4.69, 9.17) is 0 Å². The molecule has 0 radical (unpaired) electrons. The van der Waals surface area contributed by atoms with E-state index < -0.39 is 0 Å². The van der Waals surface area contributed by atoms with Gasteiger partial charge in [0, 0.05) is 19.8 Å². The second-order valence-corrected chi connectivity index (χ2v) is 4.51. The number of hydrogen-bond acceptors (Lipinski definition) is 4. The van der Waals surface area contributed by atoms with Crippen LogP contribution in [0.1, 0.15) is 5.56 Å². The molecule has 2 N–H and O–H groups in total. The van der Waals surface area contributed by atoms with E-state index in [1.807, 2.05) is 13.1 Å². The fourth-order valence-electron chi connectivity index (χ4n) is 2.21. The minimum Gasteiger partial charge on any atom is -0.366 e. The molecule has 2 aromatic carbocycles. The smallest absolute Gasteiger partial charge is 0.224 e. The van der Waals surface area contributed by atoms with Crippen LogP contribution in [0.5, 0.6) is 0 Å². The normalized spacial score (nSPS) is 10.4. The van der Waals surface area contributed by atoms with E-state index in [0.717, 1.165) is 12.4 Å². The zero-order valence-electron chi connectivity index (χ0n) is 11.3. The summed E-state index contributed by atoms with van der Waals surface area (Å²) in [6.07, 6.45) is 1.74. The maximum atomic E-state index is 4.35. The number of aromatic nitrogens is 2. The van der Waals surface area contributed by atoms with Crippen LogP contribution in [0, 0.1) is 0 Å². The molecule has 20 heavy (non-hydrogen) atoms. The van der Waals surface area contributed by atoms with Gasteiger partial charge in [-0.2, -0.15) is 4.98 Å². The van der Waals surface area contributed by atoms with Crippen molar-refractivity contribution < 1.29 is 0 Å². The Bertz CT molecular complexity index is 719. The SMILES string of the molecule is CNc1nccc(NCc2cccc3ccccc23)n1. The van der Waals surface area contributed by atoms with Crippen molar-refractivity contribution in [3.05, 3.63) is 60.3 Å². The summed E-state index contributed by atoms with van der Waals surface area (Å²) in [6.45, 7) is 0.738. The molecule has 4 heteroatoms. The fourth-order valence-corrected chi connectivity index (χ4v) is 2.21. The Morgan fingerprint density at radius 2 is 1.85 bits per heavy atom. The molecular weight excluding hydrogens is 248 g/mol. The Balaban J connectivity index is 1.83. The molecule has 1 aromatic heterocycles. The van der Waals surface area contributed by atoms with Crippen LogP contribution < -0.4 is 10.6 Å². The lowest BCUT2D eigenvalue weighted by Gasteiger charge is -2.09. The van der Waals surface area contributed by atoms with Crippen LogP contribution in [-0.4, -0.2) is 17.0 Å². The van der Waals surface area contributed by atoms with Gasteiger partial charge in [0.2, 0.25) is 5.95 Å². The molecule has 0 unspecified atom stereocenters. The van der Waals surface area contributed by atoms with E-state index in [9.17, 15) is 0 Å². The predicted molar refractivity (Wildman–Crippen MR) is 82.9 cm³/mol. The molecule has 0 fully saturated rings. The molecule has 3 rings (SSSR count). The highest BCUT2D eigenvalue weighted by atomic mass is 15.1. The van der Waals surface area contributed by atoms with Gasteiger partial charge in [-0.15, -0.1) is 0 Å². The maximum Gasteiger partial charge on any atom is 0.224 e. The van der Waals surface area contributed by atoms with Gasteiger partial charge < -0.3 is 10.6 Å². The van der Waals surface area contributed by atoms with Crippen molar-refractivity contribution >= 4 is 22.5 Å². The lowest BCUT2D eigenvalue weighted by molar-refractivity contribution is 1.09. The maximum absolute atomic E-state index is 4.35. The molecule has 0 aliphatic carbocycles. The first kappa shape index (κ1) is 12.4. The van der Waals surface area contributed by atoms with Crippen molar-refractivity contribution in [2.45, 2.75) is 6.54 Å². The first-order chi connectivity index (χ1) is 9.86. The summed E-state index contributed by atoms with van der Waals surface area (Å²) in [7, 11) is 1.81. The summed E-state index contributed by atoms with van der Waals surface area (Å²) in [5.41, 5.74) is 1.26. The lowest BCUT2D eigenvalue weighted by atomic mass is 10.0. The standard InChI is InChI=1S/C16H16N4/c1-17-16-18-10-9-15(20-16)19-11-13-7-4-6-12-5-2-3-8-14(12)13/h2-10H,11H2,1H3,(H2,17,18,19,20). The Labute approximate surface area is 117 Å². The highest BCUT2D eigenvalue weighted by Gasteiger charge is 2.01. The first-order valence-electron chi connectivity index (χ1n) is 6.58. The van der Waals surface area contributed by atoms with E-state index in [0.29, 0.717) is 5.95 Å². The van der Waals surface area contributed by atoms with Crippen LogP contribution in [0.4, 0.5) is 11.8 Å². The van der Waals surface area contributed by atoms with Gasteiger partial charge in [0.1, 0.15) is 5.82 Å². The molecule has 0 aliphatic rings. The third-order valence-electron chi connectivity index (χ3n) is 3.22. The molecule has 0 saturated carbocycles. The second-order valence-electron chi connectivity index (χ2n) is 4.51. The molecule has 1 heterocycles. The second kappa shape index (κ2) is 5.57. The van der Waals surface area contributed by atoms with Crippen molar-refractivity contribution in [1.29, 1.82) is 0 Å². The Morgan fingerprint density at radius 1 is 1.00 bits per heavy atom. The van der Waals surface area contributed by atoms with Crippen molar-refractivity contribution in [3.8, 4) is 0 Å². The number of hydrogen-bond donors (Lipinski definition) is 2. The van der Waals surface area contributed by atoms with E-state index >= 15 is 0 Å². The summed E-state index contributed by atoms with van der Waals surface area (Å²) in [4.78, 5) is 8.45. The van der Waals surface area contributed by atoms with Crippen LogP contribution in [0.25, 0.3) is 10.8 Å². The van der Waals surface area contributed by atoms with Gasteiger partial charge in [-0.05, 0) is 22.4 Å². The van der Waals surface area contributed by atoms with Crippen molar-refractivity contribution in [2.24, 2.45) is 0 Å². The molecule has 0 aliphatic heterocycles. The van der Waals surface area contributed by atoms with Gasteiger partial charge in [-0.3, -0.25) is 0 Å². The first-order valence-corrected chi connectivity index (χ1v) is 6.58. The lowest BCUT2D eigenvalue weighted by Crippen LogP contribution is -2.04. The van der Waals surface area contributed by atoms with Gasteiger partial charge >= 0.3 is 0 Å². The molecule has 0 spiro atoms. The monoisotopic (exact) mass is 264 g/mol. The quantitative estimate of drug-likeness (QED) is 0.759. The van der Waals surface area contributed by atoms with E-state index in [2.05, 4.69) is 63.1 Å².